The lowest BCUT2D eigenvalue weighted by atomic mass is 10.1. The summed E-state index contributed by atoms with van der Waals surface area (Å²) in [6, 6.07) is 22.7. The van der Waals surface area contributed by atoms with Gasteiger partial charge in [0.15, 0.2) is 0 Å². The Bertz CT molecular complexity index is 1450. The minimum absolute atomic E-state index is 0.0981. The highest BCUT2D eigenvalue weighted by atomic mass is 19.4. The lowest BCUT2D eigenvalue weighted by Crippen LogP contribution is -2.25. The van der Waals surface area contributed by atoms with Crippen LogP contribution in [-0.2, 0) is 12.4 Å². The molecule has 40 heavy (non-hydrogen) atoms. The zero-order valence-corrected chi connectivity index (χ0v) is 20.6. The fourth-order valence-electron chi connectivity index (χ4n) is 4.10. The van der Waals surface area contributed by atoms with Gasteiger partial charge in [0.2, 0.25) is 0 Å². The summed E-state index contributed by atoms with van der Waals surface area (Å²) < 4.78 is 81.1. The van der Waals surface area contributed by atoms with Gasteiger partial charge in [0.25, 0.3) is 0 Å². The zero-order chi connectivity index (χ0) is 28.3. The predicted octanol–water partition coefficient (Wildman–Crippen LogP) is 9.01. The Balaban J connectivity index is 1.56. The van der Waals surface area contributed by atoms with E-state index in [9.17, 15) is 26.3 Å². The Morgan fingerprint density at radius 1 is 0.525 bits per heavy atom. The average Bonchev–Trinajstić information content (AvgIpc) is 2.96. The minimum Gasteiger partial charge on any atom is -0.294 e. The molecule has 1 N–H and O–H groups in total. The van der Waals surface area contributed by atoms with Crippen molar-refractivity contribution in [2.24, 2.45) is 0 Å². The number of benzene rings is 3. The van der Waals surface area contributed by atoms with Crippen LogP contribution in [0.3, 0.4) is 0 Å². The highest BCUT2D eigenvalue weighted by molar-refractivity contribution is 5.74. The van der Waals surface area contributed by atoms with E-state index in [1.165, 1.54) is 5.01 Å². The maximum atomic E-state index is 13.5. The van der Waals surface area contributed by atoms with Crippen LogP contribution in [-0.4, -0.2) is 9.97 Å². The molecule has 3 aromatic carbocycles. The zero-order valence-electron chi connectivity index (χ0n) is 20.6. The van der Waals surface area contributed by atoms with E-state index in [0.29, 0.717) is 23.5 Å². The van der Waals surface area contributed by atoms with Crippen LogP contribution in [0.25, 0.3) is 22.3 Å². The van der Waals surface area contributed by atoms with Gasteiger partial charge in [-0.15, -0.1) is 0 Å². The van der Waals surface area contributed by atoms with Crippen molar-refractivity contribution in [1.82, 2.24) is 9.97 Å². The van der Waals surface area contributed by atoms with Crippen LogP contribution >= 0.6 is 0 Å². The Hall–Kier alpha value is -4.86. The predicted molar refractivity (Wildman–Crippen MR) is 142 cm³/mol. The summed E-state index contributed by atoms with van der Waals surface area (Å²) in [5.74, 6) is 0. The van der Waals surface area contributed by atoms with Crippen LogP contribution < -0.4 is 10.4 Å². The third-order valence-corrected chi connectivity index (χ3v) is 6.07. The minimum atomic E-state index is -4.97. The van der Waals surface area contributed by atoms with E-state index in [0.717, 1.165) is 22.3 Å². The van der Waals surface area contributed by atoms with Gasteiger partial charge in [0.1, 0.15) is 0 Å². The third-order valence-electron chi connectivity index (χ3n) is 6.07. The van der Waals surface area contributed by atoms with Crippen LogP contribution in [0.2, 0.25) is 0 Å². The molecule has 2 heterocycles. The topological polar surface area (TPSA) is 41.0 Å². The van der Waals surface area contributed by atoms with E-state index < -0.39 is 23.5 Å². The molecule has 4 nitrogen and oxygen atoms in total. The van der Waals surface area contributed by atoms with Crippen molar-refractivity contribution in [1.29, 1.82) is 0 Å². The van der Waals surface area contributed by atoms with Crippen LogP contribution in [0, 0.1) is 0 Å². The van der Waals surface area contributed by atoms with E-state index in [-0.39, 0.29) is 11.8 Å². The summed E-state index contributed by atoms with van der Waals surface area (Å²) in [5.41, 5.74) is 3.88. The van der Waals surface area contributed by atoms with Crippen LogP contribution in [0.5, 0.6) is 0 Å². The first-order valence-electron chi connectivity index (χ1n) is 12.0. The summed E-state index contributed by atoms with van der Waals surface area (Å²) in [5, 5.41) is 1.43. The molecule has 5 aromatic rings. The van der Waals surface area contributed by atoms with E-state index >= 15 is 0 Å². The van der Waals surface area contributed by atoms with Crippen molar-refractivity contribution in [3.05, 3.63) is 127 Å². The van der Waals surface area contributed by atoms with Gasteiger partial charge in [-0.1, -0.05) is 36.4 Å². The normalized spacial score (nSPS) is 11.8. The Morgan fingerprint density at radius 2 is 0.950 bits per heavy atom. The third kappa shape index (κ3) is 6.06. The largest absolute Gasteiger partial charge is 0.416 e. The first-order valence-corrected chi connectivity index (χ1v) is 12.0. The number of halogens is 6. The van der Waals surface area contributed by atoms with Gasteiger partial charge in [-0.3, -0.25) is 20.4 Å². The Labute approximate surface area is 225 Å². The molecule has 0 aliphatic carbocycles. The number of nitrogens with one attached hydrogen (secondary N) is 1. The van der Waals surface area contributed by atoms with Gasteiger partial charge in [0, 0.05) is 24.8 Å². The lowest BCUT2D eigenvalue weighted by Gasteiger charge is -2.28. The molecule has 5 rings (SSSR count). The van der Waals surface area contributed by atoms with E-state index in [1.807, 2.05) is 12.1 Å². The number of alkyl halides is 6. The molecule has 0 unspecified atom stereocenters. The molecule has 0 saturated carbocycles. The first-order chi connectivity index (χ1) is 19.1. The van der Waals surface area contributed by atoms with E-state index in [2.05, 4.69) is 15.4 Å². The monoisotopic (exact) mass is 550 g/mol. The molecule has 0 spiro atoms. The van der Waals surface area contributed by atoms with Gasteiger partial charge in [-0.05, 0) is 76.9 Å². The van der Waals surface area contributed by atoms with E-state index in [4.69, 9.17) is 0 Å². The van der Waals surface area contributed by atoms with Gasteiger partial charge in [-0.2, -0.15) is 26.3 Å². The van der Waals surface area contributed by atoms with Gasteiger partial charge in [-0.25, -0.2) is 0 Å². The van der Waals surface area contributed by atoms with Crippen LogP contribution in [0.4, 0.5) is 43.4 Å². The van der Waals surface area contributed by atoms with Gasteiger partial charge >= 0.3 is 12.4 Å². The number of rotatable bonds is 6. The molecule has 0 atom stereocenters. The summed E-state index contributed by atoms with van der Waals surface area (Å²) in [7, 11) is 0. The SMILES string of the molecule is FC(F)(F)c1cc(NN(c2ccc(-c3cccnc3)cc2)c2ccc(-c3cccnc3)cc2)cc(C(F)(F)F)c1. The molecule has 0 fully saturated rings. The molecule has 0 aliphatic rings. The highest BCUT2D eigenvalue weighted by Gasteiger charge is 2.37. The molecule has 10 heteroatoms. The van der Waals surface area contributed by atoms with Crippen LogP contribution in [0.15, 0.2) is 116 Å². The Kier molecular flexibility index (Phi) is 7.17. The molecule has 0 bridgehead atoms. The number of anilines is 3. The number of hydrazine groups is 1. The smallest absolute Gasteiger partial charge is 0.294 e. The second kappa shape index (κ2) is 10.7. The number of hydrogen-bond acceptors (Lipinski definition) is 4. The number of nitrogens with zero attached hydrogens (tertiary/aromatic N) is 3. The van der Waals surface area contributed by atoms with Crippen molar-refractivity contribution >= 4 is 17.1 Å². The molecular weight excluding hydrogens is 530 g/mol. The second-order valence-corrected chi connectivity index (χ2v) is 8.82. The maximum absolute atomic E-state index is 13.5. The molecule has 2 aromatic heterocycles. The van der Waals surface area contributed by atoms with Crippen molar-refractivity contribution in [3.63, 3.8) is 0 Å². The summed E-state index contributed by atoms with van der Waals surface area (Å²) in [6.07, 6.45) is -3.29. The summed E-state index contributed by atoms with van der Waals surface area (Å²) in [6.45, 7) is 0. The molecule has 0 aliphatic heterocycles. The molecule has 0 saturated heterocycles. The fourth-order valence-corrected chi connectivity index (χ4v) is 4.10. The van der Waals surface area contributed by atoms with Crippen molar-refractivity contribution in [3.8, 4) is 22.3 Å². The maximum Gasteiger partial charge on any atom is 0.416 e. The van der Waals surface area contributed by atoms with Crippen LogP contribution in [0.1, 0.15) is 11.1 Å². The Morgan fingerprint density at radius 3 is 1.30 bits per heavy atom. The van der Waals surface area contributed by atoms with E-state index in [1.54, 1.807) is 85.5 Å². The second-order valence-electron chi connectivity index (χ2n) is 8.82. The standard InChI is InChI=1S/C30H20F6N4/c31-29(32,33)24-15-25(30(34,35)36)17-26(16-24)39-40(27-9-5-20(6-10-27)22-3-1-13-37-18-22)28-11-7-21(8-12-28)23-4-2-14-38-19-23/h1-19,39H. The number of hydrogen-bond donors (Lipinski definition) is 1. The number of aromatic nitrogens is 2. The lowest BCUT2D eigenvalue weighted by molar-refractivity contribution is -0.143. The quantitative estimate of drug-likeness (QED) is 0.169. The average molecular weight is 551 g/mol. The van der Waals surface area contributed by atoms with Crippen molar-refractivity contribution in [2.75, 3.05) is 10.4 Å². The summed E-state index contributed by atoms with van der Waals surface area (Å²) in [4.78, 5) is 8.20. The molecule has 0 amide bonds. The first kappa shape index (κ1) is 26.7. The van der Waals surface area contributed by atoms with Crippen molar-refractivity contribution in [2.45, 2.75) is 12.4 Å². The summed E-state index contributed by atoms with van der Waals surface area (Å²) >= 11 is 0. The molecule has 202 valence electrons. The van der Waals surface area contributed by atoms with Gasteiger partial charge in [0.05, 0.1) is 28.2 Å². The number of pyridine rings is 2. The molecule has 0 radical (unpaired) electrons. The van der Waals surface area contributed by atoms with Crippen molar-refractivity contribution < 1.29 is 26.3 Å². The highest BCUT2D eigenvalue weighted by Crippen LogP contribution is 2.39. The fraction of sp³-hybridized carbons (Fsp3) is 0.0667. The van der Waals surface area contributed by atoms with Gasteiger partial charge < -0.3 is 0 Å². The molecular formula is C30H20F6N4.